The lowest BCUT2D eigenvalue weighted by molar-refractivity contribution is -0.148. The number of benzene rings is 1. The fourth-order valence-electron chi connectivity index (χ4n) is 3.17. The van der Waals surface area contributed by atoms with Gasteiger partial charge in [0, 0.05) is 6.04 Å². The predicted octanol–water partition coefficient (Wildman–Crippen LogP) is 1.51. The molecule has 1 aliphatic rings. The van der Waals surface area contributed by atoms with E-state index >= 15 is 0 Å². The molecule has 4 nitrogen and oxygen atoms in total. The number of hydrogen-bond acceptors (Lipinski definition) is 4. The maximum atomic E-state index is 11.7. The number of esters is 1. The van der Waals surface area contributed by atoms with Crippen LogP contribution in [0.25, 0.3) is 0 Å². The molecule has 0 amide bonds. The smallest absolute Gasteiger partial charge is 0.309 e. The van der Waals surface area contributed by atoms with Gasteiger partial charge in [0.1, 0.15) is 0 Å². The molecule has 0 bridgehead atoms. The van der Waals surface area contributed by atoms with E-state index in [1.54, 1.807) is 0 Å². The summed E-state index contributed by atoms with van der Waals surface area (Å²) in [7, 11) is 1.40. The quantitative estimate of drug-likeness (QED) is 0.800. The van der Waals surface area contributed by atoms with Crippen molar-refractivity contribution in [2.75, 3.05) is 7.11 Å². The van der Waals surface area contributed by atoms with Crippen molar-refractivity contribution in [1.29, 1.82) is 0 Å². The number of aliphatic hydroxyl groups excluding tert-OH is 1. The molecule has 1 fully saturated rings. The fraction of sp³-hybridized carbons (Fsp3) is 0.562. The van der Waals surface area contributed by atoms with E-state index in [4.69, 9.17) is 10.5 Å². The number of rotatable bonds is 5. The summed E-state index contributed by atoms with van der Waals surface area (Å²) in [4.78, 5) is 11.7. The van der Waals surface area contributed by atoms with Crippen molar-refractivity contribution in [3.05, 3.63) is 35.9 Å². The van der Waals surface area contributed by atoms with Gasteiger partial charge in [-0.15, -0.1) is 0 Å². The van der Waals surface area contributed by atoms with Crippen molar-refractivity contribution < 1.29 is 14.6 Å². The maximum Gasteiger partial charge on any atom is 0.309 e. The van der Waals surface area contributed by atoms with E-state index in [2.05, 4.69) is 0 Å². The van der Waals surface area contributed by atoms with E-state index in [1.807, 2.05) is 30.3 Å². The average Bonchev–Trinajstić information content (AvgIpc) is 2.96. The molecule has 0 aliphatic heterocycles. The van der Waals surface area contributed by atoms with Crippen LogP contribution in [0.4, 0.5) is 0 Å². The highest BCUT2D eigenvalue weighted by Crippen LogP contribution is 2.36. The number of carbonyl (C=O) groups is 1. The van der Waals surface area contributed by atoms with Gasteiger partial charge in [-0.25, -0.2) is 0 Å². The predicted molar refractivity (Wildman–Crippen MR) is 77.0 cm³/mol. The summed E-state index contributed by atoms with van der Waals surface area (Å²) >= 11 is 0. The van der Waals surface area contributed by atoms with Crippen LogP contribution in [0.2, 0.25) is 0 Å². The number of aliphatic hydroxyl groups is 1. The molecule has 1 saturated carbocycles. The molecule has 0 heterocycles. The summed E-state index contributed by atoms with van der Waals surface area (Å²) < 4.78 is 4.82. The Morgan fingerprint density at radius 2 is 2.10 bits per heavy atom. The molecule has 4 unspecified atom stereocenters. The molecule has 1 aliphatic carbocycles. The molecule has 20 heavy (non-hydrogen) atoms. The Morgan fingerprint density at radius 3 is 2.75 bits per heavy atom. The van der Waals surface area contributed by atoms with E-state index in [1.165, 1.54) is 7.11 Å². The lowest BCUT2D eigenvalue weighted by atomic mass is 9.85. The Morgan fingerprint density at radius 1 is 1.40 bits per heavy atom. The second-order valence-corrected chi connectivity index (χ2v) is 5.57. The average molecular weight is 277 g/mol. The van der Waals surface area contributed by atoms with Gasteiger partial charge < -0.3 is 15.6 Å². The van der Waals surface area contributed by atoms with E-state index in [0.29, 0.717) is 6.42 Å². The van der Waals surface area contributed by atoms with Crippen molar-refractivity contribution in [3.63, 3.8) is 0 Å². The molecule has 3 N–H and O–H groups in total. The van der Waals surface area contributed by atoms with Crippen molar-refractivity contribution >= 4 is 5.97 Å². The molecule has 4 atom stereocenters. The number of carbonyl (C=O) groups excluding carboxylic acids is 1. The third kappa shape index (κ3) is 3.38. The van der Waals surface area contributed by atoms with Crippen LogP contribution in [-0.2, 0) is 16.0 Å². The Kier molecular flexibility index (Phi) is 5.15. The molecule has 4 heteroatoms. The number of ether oxygens (including phenoxy) is 1. The van der Waals surface area contributed by atoms with Crippen LogP contribution in [0.1, 0.15) is 24.8 Å². The van der Waals surface area contributed by atoms with Gasteiger partial charge in [0.05, 0.1) is 19.1 Å². The van der Waals surface area contributed by atoms with Gasteiger partial charge in [0.25, 0.3) is 0 Å². The number of methoxy groups -OCH3 is 1. The summed E-state index contributed by atoms with van der Waals surface area (Å²) in [5, 5.41) is 10.5. The first-order valence-electron chi connectivity index (χ1n) is 7.19. The highest BCUT2D eigenvalue weighted by molar-refractivity contribution is 5.73. The van der Waals surface area contributed by atoms with E-state index in [0.717, 1.165) is 24.8 Å². The molecular weight excluding hydrogens is 254 g/mol. The number of hydrogen-bond donors (Lipinski definition) is 2. The van der Waals surface area contributed by atoms with E-state index in [9.17, 15) is 9.90 Å². The molecule has 0 radical (unpaired) electrons. The summed E-state index contributed by atoms with van der Waals surface area (Å²) in [6.45, 7) is 0. The molecule has 1 aromatic rings. The first kappa shape index (κ1) is 15.0. The fourth-order valence-corrected chi connectivity index (χ4v) is 3.17. The molecule has 0 aromatic heterocycles. The van der Waals surface area contributed by atoms with Crippen molar-refractivity contribution in [2.45, 2.75) is 37.8 Å². The third-order valence-electron chi connectivity index (χ3n) is 4.26. The zero-order chi connectivity index (χ0) is 14.5. The zero-order valence-corrected chi connectivity index (χ0v) is 11.9. The van der Waals surface area contributed by atoms with Gasteiger partial charge in [-0.05, 0) is 30.7 Å². The van der Waals surface area contributed by atoms with Crippen molar-refractivity contribution in [2.24, 2.45) is 17.6 Å². The van der Waals surface area contributed by atoms with Crippen LogP contribution in [0.5, 0.6) is 0 Å². The van der Waals surface area contributed by atoms with Crippen molar-refractivity contribution in [1.82, 2.24) is 0 Å². The van der Waals surface area contributed by atoms with E-state index in [-0.39, 0.29) is 23.8 Å². The Hall–Kier alpha value is -1.39. The molecule has 2 rings (SSSR count). The Bertz CT molecular complexity index is 435. The topological polar surface area (TPSA) is 72.5 Å². The van der Waals surface area contributed by atoms with Crippen LogP contribution in [0, 0.1) is 11.8 Å². The summed E-state index contributed by atoms with van der Waals surface area (Å²) in [5.41, 5.74) is 7.23. The molecule has 0 saturated heterocycles. The largest absolute Gasteiger partial charge is 0.469 e. The number of nitrogens with two attached hydrogens (primary N) is 1. The minimum atomic E-state index is -0.665. The summed E-state index contributed by atoms with van der Waals surface area (Å²) in [6.07, 6.45) is 2.52. The monoisotopic (exact) mass is 277 g/mol. The highest BCUT2D eigenvalue weighted by atomic mass is 16.5. The molecular formula is C16H23NO3. The van der Waals surface area contributed by atoms with Gasteiger partial charge in [0.15, 0.2) is 0 Å². The van der Waals surface area contributed by atoms with Crippen molar-refractivity contribution in [3.8, 4) is 0 Å². The highest BCUT2D eigenvalue weighted by Gasteiger charge is 2.40. The molecule has 0 spiro atoms. The lowest BCUT2D eigenvalue weighted by Crippen LogP contribution is -2.44. The normalized spacial score (nSPS) is 25.1. The first-order valence-corrected chi connectivity index (χ1v) is 7.19. The molecule has 110 valence electrons. The third-order valence-corrected chi connectivity index (χ3v) is 4.26. The van der Waals surface area contributed by atoms with Crippen LogP contribution in [-0.4, -0.2) is 30.3 Å². The Balaban J connectivity index is 1.99. The standard InChI is InChI=1S/C16H23NO3/c1-20-16(19)13-9-5-8-12(13)15(18)14(17)10-11-6-3-2-4-7-11/h2-4,6-7,12-15,18H,5,8-10,17H2,1H3. The molecule has 1 aromatic carbocycles. The summed E-state index contributed by atoms with van der Waals surface area (Å²) in [5.74, 6) is -0.517. The summed E-state index contributed by atoms with van der Waals surface area (Å²) in [6, 6.07) is 9.52. The minimum absolute atomic E-state index is 0.0823. The second kappa shape index (κ2) is 6.86. The first-order chi connectivity index (χ1) is 9.63. The minimum Gasteiger partial charge on any atom is -0.469 e. The Labute approximate surface area is 119 Å². The van der Waals surface area contributed by atoms with Gasteiger partial charge in [-0.1, -0.05) is 36.8 Å². The second-order valence-electron chi connectivity index (χ2n) is 5.57. The van der Waals surface area contributed by atoms with Gasteiger partial charge in [-0.3, -0.25) is 4.79 Å². The zero-order valence-electron chi connectivity index (χ0n) is 11.9. The SMILES string of the molecule is COC(=O)C1CCCC1C(O)C(N)Cc1ccccc1. The van der Waals surface area contributed by atoms with Gasteiger partial charge in [-0.2, -0.15) is 0 Å². The van der Waals surface area contributed by atoms with Gasteiger partial charge in [0.2, 0.25) is 0 Å². The van der Waals surface area contributed by atoms with Crippen LogP contribution >= 0.6 is 0 Å². The maximum absolute atomic E-state index is 11.7. The lowest BCUT2D eigenvalue weighted by Gasteiger charge is -2.28. The van der Waals surface area contributed by atoms with Gasteiger partial charge >= 0.3 is 5.97 Å². The van der Waals surface area contributed by atoms with E-state index < -0.39 is 6.10 Å². The van der Waals surface area contributed by atoms with Crippen LogP contribution in [0.15, 0.2) is 30.3 Å². The van der Waals surface area contributed by atoms with Crippen LogP contribution in [0.3, 0.4) is 0 Å². The van der Waals surface area contributed by atoms with Crippen LogP contribution < -0.4 is 5.73 Å².